The minimum Gasteiger partial charge on any atom is -0.616 e. The zero-order valence-electron chi connectivity index (χ0n) is 20.9. The molecule has 37 heavy (non-hydrogen) atoms. The molecule has 3 aromatic rings. The summed E-state index contributed by atoms with van der Waals surface area (Å²) in [7, 11) is -1.52. The molecule has 2 heterocycles. The van der Waals surface area contributed by atoms with Gasteiger partial charge in [-0.1, -0.05) is 0 Å². The minimum atomic E-state index is -3.40. The van der Waals surface area contributed by atoms with Crippen molar-refractivity contribution >= 4 is 53.3 Å². The molecule has 13 nitrogen and oxygen atoms in total. The lowest BCUT2D eigenvalue weighted by molar-refractivity contribution is 0.0956. The molecule has 5 N–H and O–H groups in total. The van der Waals surface area contributed by atoms with Crippen LogP contribution in [0.1, 0.15) is 29.9 Å². The number of hydrogen-bond donors (Lipinski definition) is 3. The Morgan fingerprint density at radius 1 is 1.14 bits per heavy atom. The van der Waals surface area contributed by atoms with Gasteiger partial charge in [-0.05, 0) is 49.3 Å². The number of amides is 1. The molecular formula is C22H31N8O5PS. The molecule has 0 aliphatic rings. The van der Waals surface area contributed by atoms with E-state index in [9.17, 15) is 13.9 Å². The smallest absolute Gasteiger partial charge is 0.379 e. The molecule has 2 aromatic heterocycles. The van der Waals surface area contributed by atoms with Gasteiger partial charge in [0.2, 0.25) is 11.4 Å². The number of nitrogens with zero attached hydrogens (tertiary/aromatic N) is 5. The molecule has 0 aliphatic carbocycles. The second-order valence-corrected chi connectivity index (χ2v) is 11.9. The van der Waals surface area contributed by atoms with Crippen molar-refractivity contribution in [2.45, 2.75) is 20.4 Å². The average molecular weight is 551 g/mol. The van der Waals surface area contributed by atoms with E-state index in [2.05, 4.69) is 25.3 Å². The fraction of sp³-hybridized carbons (Fsp3) is 0.409. The molecule has 0 bridgehead atoms. The first-order valence-electron chi connectivity index (χ1n) is 11.5. The summed E-state index contributed by atoms with van der Waals surface area (Å²) in [6, 6.07) is 6.99. The highest BCUT2D eigenvalue weighted by Gasteiger charge is 2.30. The number of aromatic nitrogens is 4. The molecule has 0 radical (unpaired) electrons. The number of fused-ring (bicyclic) bond motifs is 1. The van der Waals surface area contributed by atoms with Crippen molar-refractivity contribution in [2.75, 3.05) is 54.4 Å². The Morgan fingerprint density at radius 3 is 2.46 bits per heavy atom. The highest BCUT2D eigenvalue weighted by atomic mass is 32.2. The van der Waals surface area contributed by atoms with E-state index in [4.69, 9.17) is 20.5 Å². The largest absolute Gasteiger partial charge is 0.616 e. The maximum absolute atomic E-state index is 12.5. The number of hydrogen-bond acceptors (Lipinski definition) is 12. The summed E-state index contributed by atoms with van der Waals surface area (Å²) in [6.07, 6.45) is 1.60. The third-order valence-electron chi connectivity index (χ3n) is 5.04. The monoisotopic (exact) mass is 550 g/mol. The van der Waals surface area contributed by atoms with Crippen LogP contribution >= 0.6 is 7.60 Å². The Morgan fingerprint density at radius 2 is 1.81 bits per heavy atom. The molecule has 0 fully saturated rings. The van der Waals surface area contributed by atoms with Crippen molar-refractivity contribution in [1.29, 1.82) is 0 Å². The lowest BCUT2D eigenvalue weighted by Gasteiger charge is -2.19. The average Bonchev–Trinajstić information content (AvgIpc) is 2.84. The van der Waals surface area contributed by atoms with Crippen molar-refractivity contribution in [3.63, 3.8) is 0 Å². The molecule has 0 saturated heterocycles. The number of anilines is 3. The van der Waals surface area contributed by atoms with E-state index in [1.54, 1.807) is 44.3 Å². The number of rotatable bonds is 13. The van der Waals surface area contributed by atoms with Crippen molar-refractivity contribution < 1.29 is 23.0 Å². The van der Waals surface area contributed by atoms with Gasteiger partial charge in [0.25, 0.3) is 5.91 Å². The van der Waals surface area contributed by atoms with Gasteiger partial charge in [0.1, 0.15) is 5.75 Å². The number of nitrogens with one attached hydrogen (secondary N) is 1. The molecule has 3 rings (SSSR count). The first-order chi connectivity index (χ1) is 17.6. The third kappa shape index (κ3) is 7.98. The van der Waals surface area contributed by atoms with Gasteiger partial charge in [-0.15, -0.1) is 0 Å². The number of nitrogen functional groups attached to an aromatic ring is 2. The van der Waals surface area contributed by atoms with Gasteiger partial charge in [-0.3, -0.25) is 9.36 Å². The summed E-state index contributed by atoms with van der Waals surface area (Å²) >= 11 is -1.47. The minimum absolute atomic E-state index is 0.0375. The van der Waals surface area contributed by atoms with Crippen molar-refractivity contribution in [3.8, 4) is 0 Å². The van der Waals surface area contributed by atoms with E-state index in [-0.39, 0.29) is 48.7 Å². The second kappa shape index (κ2) is 13.0. The second-order valence-electron chi connectivity index (χ2n) is 7.88. The first-order valence-corrected chi connectivity index (χ1v) is 14.7. The van der Waals surface area contributed by atoms with Crippen LogP contribution in [0.3, 0.4) is 0 Å². The Kier molecular flexibility index (Phi) is 10.0. The number of carbonyl (C=O) groups is 1. The van der Waals surface area contributed by atoms with Crippen LogP contribution in [0.2, 0.25) is 0 Å². The molecule has 1 amide bonds. The Balaban J connectivity index is 1.53. The zero-order chi connectivity index (χ0) is 27.0. The lowest BCUT2D eigenvalue weighted by atomic mass is 10.2. The fourth-order valence-electron chi connectivity index (χ4n) is 3.39. The molecule has 0 aliphatic heterocycles. The number of benzene rings is 1. The van der Waals surface area contributed by atoms with Crippen LogP contribution in [0.5, 0.6) is 0 Å². The molecule has 1 unspecified atom stereocenters. The molecule has 200 valence electrons. The fourth-order valence-corrected chi connectivity index (χ4v) is 7.10. The van der Waals surface area contributed by atoms with Crippen LogP contribution in [0.4, 0.5) is 17.5 Å². The van der Waals surface area contributed by atoms with E-state index in [0.29, 0.717) is 29.0 Å². The van der Waals surface area contributed by atoms with E-state index >= 15 is 0 Å². The third-order valence-corrected chi connectivity index (χ3v) is 9.42. The van der Waals surface area contributed by atoms with Crippen LogP contribution in [0.25, 0.3) is 11.2 Å². The van der Waals surface area contributed by atoms with Gasteiger partial charge in [-0.25, -0.2) is 9.97 Å². The first kappa shape index (κ1) is 28.5. The summed E-state index contributed by atoms with van der Waals surface area (Å²) in [5, 5.41) is 2.73. The van der Waals surface area contributed by atoms with Gasteiger partial charge in [0, 0.05) is 18.3 Å². The predicted octanol–water partition coefficient (Wildman–Crippen LogP) is 1.92. The van der Waals surface area contributed by atoms with Gasteiger partial charge < -0.3 is 35.3 Å². The molecule has 1 atom stereocenters. The maximum atomic E-state index is 12.5. The molecule has 1 aromatic carbocycles. The van der Waals surface area contributed by atoms with Crippen molar-refractivity contribution in [2.24, 2.45) is 0 Å². The normalized spacial score (nSPS) is 12.4. The summed E-state index contributed by atoms with van der Waals surface area (Å²) in [6.45, 7) is 4.37. The molecular weight excluding hydrogens is 519 g/mol. The van der Waals surface area contributed by atoms with Crippen molar-refractivity contribution in [3.05, 3.63) is 41.7 Å². The maximum Gasteiger partial charge on any atom is 0.379 e. The van der Waals surface area contributed by atoms with Gasteiger partial charge in [0.05, 0.1) is 38.2 Å². The van der Waals surface area contributed by atoms with E-state index < -0.39 is 18.8 Å². The van der Waals surface area contributed by atoms with Crippen LogP contribution < -0.4 is 21.7 Å². The van der Waals surface area contributed by atoms with Gasteiger partial charge >= 0.3 is 7.60 Å². The van der Waals surface area contributed by atoms with E-state index in [1.165, 1.54) is 0 Å². The highest BCUT2D eigenvalue weighted by Crippen LogP contribution is 2.49. The Hall–Kier alpha value is -3.03. The van der Waals surface area contributed by atoms with Crippen LogP contribution in [-0.2, 0) is 31.3 Å². The summed E-state index contributed by atoms with van der Waals surface area (Å²) in [5.74, 6) is 0.0250. The van der Waals surface area contributed by atoms with Crippen LogP contribution in [0.15, 0.2) is 30.5 Å². The molecule has 0 saturated carbocycles. The number of carbonyl (C=O) groups excluding carboxylic acids is 1. The molecule has 15 heteroatoms. The summed E-state index contributed by atoms with van der Waals surface area (Å²) in [5.41, 5.74) is 13.9. The summed E-state index contributed by atoms with van der Waals surface area (Å²) < 4.78 is 35.1. The quantitative estimate of drug-likeness (QED) is 0.207. The number of nitrogens with two attached hydrogens (primary N) is 2. The standard InChI is InChI=1S/C22H31N8O5PS/c1-4-34-36(32,35-5-2)14-37(33)11-10-25-21(31)15-6-8-17(9-7-15)30(3)13-16-12-26-20-18(27-16)19(23)28-22(24)29-20/h6-9,12H,4-5,10-11,13-14H2,1-3H3,(H,25,31)(H4,23,24,26,28,29). The molecule has 0 spiro atoms. The van der Waals surface area contributed by atoms with Crippen molar-refractivity contribution in [1.82, 2.24) is 25.3 Å². The van der Waals surface area contributed by atoms with Crippen LogP contribution in [-0.4, -0.2) is 68.4 Å². The Labute approximate surface area is 218 Å². The summed E-state index contributed by atoms with van der Waals surface area (Å²) in [4.78, 5) is 31.1. The topological polar surface area (TPSA) is 195 Å². The lowest BCUT2D eigenvalue weighted by Crippen LogP contribution is -2.30. The SMILES string of the molecule is CCOP(=O)(C[S+]([O-])CCNC(=O)c1ccc(N(C)Cc2cnc3nc(N)nc(N)c3n2)cc1)OCC. The van der Waals surface area contributed by atoms with Gasteiger partial charge in [-0.2, -0.15) is 9.97 Å². The van der Waals surface area contributed by atoms with E-state index in [1.807, 2.05) is 11.9 Å². The van der Waals surface area contributed by atoms with Gasteiger partial charge in [0.15, 0.2) is 17.0 Å². The highest BCUT2D eigenvalue weighted by molar-refractivity contribution is 7.97. The predicted molar refractivity (Wildman–Crippen MR) is 144 cm³/mol. The zero-order valence-corrected chi connectivity index (χ0v) is 22.6. The van der Waals surface area contributed by atoms with E-state index in [0.717, 1.165) is 5.69 Å². The Bertz CT molecular complexity index is 1260. The van der Waals surface area contributed by atoms with Crippen LogP contribution in [0, 0.1) is 0 Å².